The van der Waals surface area contributed by atoms with E-state index < -0.39 is 17.7 Å². The number of hydrogen-bond donors (Lipinski definition) is 1. The van der Waals surface area contributed by atoms with E-state index in [-0.39, 0.29) is 11.6 Å². The average molecular weight is 367 g/mol. The molecule has 1 aliphatic carbocycles. The van der Waals surface area contributed by atoms with Gasteiger partial charge < -0.3 is 10.1 Å². The van der Waals surface area contributed by atoms with Crippen molar-refractivity contribution in [2.45, 2.75) is 65.1 Å². The summed E-state index contributed by atoms with van der Waals surface area (Å²) in [5, 5.41) is 3.33. The van der Waals surface area contributed by atoms with Gasteiger partial charge in [0.2, 0.25) is 0 Å². The van der Waals surface area contributed by atoms with Gasteiger partial charge in [-0.05, 0) is 59.6 Å². The van der Waals surface area contributed by atoms with Crippen molar-refractivity contribution < 1.29 is 9.53 Å². The molecule has 6 heteroatoms. The van der Waals surface area contributed by atoms with E-state index in [0.717, 1.165) is 12.8 Å². The lowest BCUT2D eigenvalue weighted by molar-refractivity contribution is 0.0504. The van der Waals surface area contributed by atoms with E-state index in [2.05, 4.69) is 17.2 Å². The number of benzene rings is 1. The number of nitrogens with zero attached hydrogens (tertiary/aromatic N) is 2. The van der Waals surface area contributed by atoms with E-state index in [9.17, 15) is 9.59 Å². The molecule has 27 heavy (non-hydrogen) atoms. The third-order valence-corrected chi connectivity index (χ3v) is 4.25. The SMILES string of the molecule is CC#Cc1cccc2nc([C@H](C)NC(=O)OC(C)(C)C)n(C3CC3)c(=O)c12. The van der Waals surface area contributed by atoms with Gasteiger partial charge >= 0.3 is 6.09 Å². The van der Waals surface area contributed by atoms with Gasteiger partial charge in [0.05, 0.1) is 16.9 Å². The van der Waals surface area contributed by atoms with Crippen molar-refractivity contribution in [1.82, 2.24) is 14.9 Å². The predicted octanol–water partition coefficient (Wildman–Crippen LogP) is 3.69. The largest absolute Gasteiger partial charge is 0.444 e. The minimum absolute atomic E-state index is 0.103. The molecule has 0 radical (unpaired) electrons. The summed E-state index contributed by atoms with van der Waals surface area (Å²) in [6, 6.07) is 5.14. The molecular weight excluding hydrogens is 342 g/mol. The van der Waals surface area contributed by atoms with Gasteiger partial charge in [0.15, 0.2) is 0 Å². The second-order valence-corrected chi connectivity index (χ2v) is 7.82. The van der Waals surface area contributed by atoms with Gasteiger partial charge in [-0.25, -0.2) is 9.78 Å². The molecule has 0 spiro atoms. The van der Waals surface area contributed by atoms with Crippen molar-refractivity contribution in [3.05, 3.63) is 39.9 Å². The molecular formula is C21H25N3O3. The van der Waals surface area contributed by atoms with Crippen LogP contribution in [0.25, 0.3) is 10.9 Å². The Morgan fingerprint density at radius 2 is 2.07 bits per heavy atom. The van der Waals surface area contributed by atoms with Crippen LogP contribution in [0.4, 0.5) is 4.79 Å². The number of carbonyl (C=O) groups is 1. The summed E-state index contributed by atoms with van der Waals surface area (Å²) in [6.07, 6.45) is 1.33. The van der Waals surface area contributed by atoms with Crippen molar-refractivity contribution in [3.8, 4) is 11.8 Å². The maximum absolute atomic E-state index is 13.3. The minimum atomic E-state index is -0.593. The maximum atomic E-state index is 13.3. The summed E-state index contributed by atoms with van der Waals surface area (Å²) in [5.74, 6) is 6.39. The lowest BCUT2D eigenvalue weighted by Gasteiger charge is -2.23. The molecule has 1 amide bonds. The zero-order valence-electron chi connectivity index (χ0n) is 16.4. The molecule has 0 saturated heterocycles. The van der Waals surface area contributed by atoms with E-state index in [1.165, 1.54) is 0 Å². The van der Waals surface area contributed by atoms with Gasteiger partial charge in [0.25, 0.3) is 5.56 Å². The normalized spacial score (nSPS) is 15.0. The van der Waals surface area contributed by atoms with Crippen LogP contribution < -0.4 is 10.9 Å². The second-order valence-electron chi connectivity index (χ2n) is 7.82. The number of rotatable bonds is 3. The lowest BCUT2D eigenvalue weighted by Crippen LogP contribution is -2.37. The van der Waals surface area contributed by atoms with E-state index in [4.69, 9.17) is 9.72 Å². The van der Waals surface area contributed by atoms with Gasteiger partial charge in [-0.3, -0.25) is 9.36 Å². The quantitative estimate of drug-likeness (QED) is 0.840. The number of amides is 1. The fraction of sp³-hybridized carbons (Fsp3) is 0.476. The molecule has 0 aliphatic heterocycles. The Balaban J connectivity index is 2.07. The van der Waals surface area contributed by atoms with Crippen molar-refractivity contribution in [3.63, 3.8) is 0 Å². The number of aromatic nitrogens is 2. The van der Waals surface area contributed by atoms with Crippen LogP contribution in [-0.2, 0) is 4.74 Å². The van der Waals surface area contributed by atoms with Gasteiger partial charge in [-0.1, -0.05) is 12.0 Å². The van der Waals surface area contributed by atoms with Crippen LogP contribution >= 0.6 is 0 Å². The average Bonchev–Trinajstić information content (AvgIpc) is 3.37. The first-order valence-corrected chi connectivity index (χ1v) is 9.18. The van der Waals surface area contributed by atoms with Gasteiger partial charge in [-0.2, -0.15) is 0 Å². The number of carbonyl (C=O) groups excluding carboxylic acids is 1. The maximum Gasteiger partial charge on any atom is 0.408 e. The molecule has 3 rings (SSSR count). The molecule has 1 heterocycles. The summed E-state index contributed by atoms with van der Waals surface area (Å²) in [4.78, 5) is 30.1. The Kier molecular flexibility index (Phi) is 4.97. The van der Waals surface area contributed by atoms with Gasteiger partial charge in [-0.15, -0.1) is 5.92 Å². The summed E-state index contributed by atoms with van der Waals surface area (Å²) >= 11 is 0. The molecule has 1 saturated carbocycles. The minimum Gasteiger partial charge on any atom is -0.444 e. The predicted molar refractivity (Wildman–Crippen MR) is 105 cm³/mol. The van der Waals surface area contributed by atoms with Crippen LogP contribution in [0.3, 0.4) is 0 Å². The molecule has 1 fully saturated rings. The Morgan fingerprint density at radius 3 is 2.67 bits per heavy atom. The van der Waals surface area contributed by atoms with Gasteiger partial charge in [0.1, 0.15) is 11.4 Å². The number of nitrogens with one attached hydrogen (secondary N) is 1. The Labute approximate surface area is 158 Å². The van der Waals surface area contributed by atoms with E-state index in [0.29, 0.717) is 22.3 Å². The Hall–Kier alpha value is -2.81. The third-order valence-electron chi connectivity index (χ3n) is 4.25. The third kappa shape index (κ3) is 4.13. The molecule has 1 N–H and O–H groups in total. The highest BCUT2D eigenvalue weighted by Gasteiger charge is 2.31. The molecule has 1 aromatic heterocycles. The first-order chi connectivity index (χ1) is 12.7. The highest BCUT2D eigenvalue weighted by atomic mass is 16.6. The Morgan fingerprint density at radius 1 is 1.37 bits per heavy atom. The smallest absolute Gasteiger partial charge is 0.408 e. The fourth-order valence-corrected chi connectivity index (χ4v) is 3.04. The fourth-order valence-electron chi connectivity index (χ4n) is 3.04. The highest BCUT2D eigenvalue weighted by Crippen LogP contribution is 2.36. The molecule has 2 aromatic rings. The molecule has 1 aliphatic rings. The highest BCUT2D eigenvalue weighted by molar-refractivity contribution is 5.84. The second kappa shape index (κ2) is 7.07. The first-order valence-electron chi connectivity index (χ1n) is 9.18. The van der Waals surface area contributed by atoms with Crippen LogP contribution in [-0.4, -0.2) is 21.2 Å². The van der Waals surface area contributed by atoms with Gasteiger partial charge in [0, 0.05) is 11.6 Å². The zero-order valence-corrected chi connectivity index (χ0v) is 16.4. The number of fused-ring (bicyclic) bond motifs is 1. The topological polar surface area (TPSA) is 73.2 Å². The Bertz CT molecular complexity index is 1000. The monoisotopic (exact) mass is 367 g/mol. The lowest BCUT2D eigenvalue weighted by atomic mass is 10.1. The zero-order chi connectivity index (χ0) is 19.8. The number of ether oxygens (including phenoxy) is 1. The molecule has 0 bridgehead atoms. The van der Waals surface area contributed by atoms with E-state index >= 15 is 0 Å². The van der Waals surface area contributed by atoms with Crippen molar-refractivity contribution in [1.29, 1.82) is 0 Å². The number of alkyl carbamates (subject to hydrolysis) is 1. The van der Waals surface area contributed by atoms with Crippen molar-refractivity contribution in [2.24, 2.45) is 0 Å². The van der Waals surface area contributed by atoms with Crippen molar-refractivity contribution in [2.75, 3.05) is 0 Å². The summed E-state index contributed by atoms with van der Waals surface area (Å²) < 4.78 is 7.04. The first kappa shape index (κ1) is 19.0. The van der Waals surface area contributed by atoms with E-state index in [1.807, 2.05) is 39.8 Å². The van der Waals surface area contributed by atoms with Crippen LogP contribution in [0.2, 0.25) is 0 Å². The molecule has 1 atom stereocenters. The summed E-state index contributed by atoms with van der Waals surface area (Å²) in [5.41, 5.74) is 0.574. The molecule has 0 unspecified atom stereocenters. The molecule has 6 nitrogen and oxygen atoms in total. The standard InChI is InChI=1S/C21H25N3O3/c1-6-8-14-9-7-10-16-17(14)19(25)24(15-11-12-15)18(23-16)13(2)22-20(26)27-21(3,4)5/h7,9-10,13,15H,11-12H2,1-5H3,(H,22,26)/t13-/m0/s1. The molecule has 1 aromatic carbocycles. The number of hydrogen-bond acceptors (Lipinski definition) is 4. The van der Waals surface area contributed by atoms with Crippen LogP contribution in [0, 0.1) is 11.8 Å². The summed E-state index contributed by atoms with van der Waals surface area (Å²) in [6.45, 7) is 8.98. The van der Waals surface area contributed by atoms with Crippen molar-refractivity contribution >= 4 is 17.0 Å². The van der Waals surface area contributed by atoms with Crippen LogP contribution in [0.5, 0.6) is 0 Å². The summed E-state index contributed by atoms with van der Waals surface area (Å²) in [7, 11) is 0. The van der Waals surface area contributed by atoms with E-state index in [1.54, 1.807) is 17.6 Å². The van der Waals surface area contributed by atoms with Crippen LogP contribution in [0.1, 0.15) is 70.9 Å². The van der Waals surface area contributed by atoms with Crippen LogP contribution in [0.15, 0.2) is 23.0 Å². The molecule has 142 valence electrons.